The normalized spacial score (nSPS) is 26.2. The summed E-state index contributed by atoms with van der Waals surface area (Å²) < 4.78 is 0. The van der Waals surface area contributed by atoms with Crippen LogP contribution in [0.3, 0.4) is 0 Å². The molecule has 1 rings (SSSR count). The SMILES string of the molecule is CNC1CCC(C)(C)N(CCCN(C)C)C1. The van der Waals surface area contributed by atoms with E-state index in [1.165, 1.54) is 38.9 Å². The molecule has 0 spiro atoms. The predicted molar refractivity (Wildman–Crippen MR) is 70.9 cm³/mol. The van der Waals surface area contributed by atoms with Crippen LogP contribution in [-0.2, 0) is 0 Å². The summed E-state index contributed by atoms with van der Waals surface area (Å²) in [5.74, 6) is 0. The van der Waals surface area contributed by atoms with Crippen LogP contribution in [0.2, 0.25) is 0 Å². The predicted octanol–water partition coefficient (Wildman–Crippen LogP) is 1.40. The summed E-state index contributed by atoms with van der Waals surface area (Å²) in [4.78, 5) is 4.92. The summed E-state index contributed by atoms with van der Waals surface area (Å²) in [6.07, 6.45) is 3.89. The van der Waals surface area contributed by atoms with Crippen molar-refractivity contribution in [3.8, 4) is 0 Å². The van der Waals surface area contributed by atoms with Crippen molar-refractivity contribution in [2.75, 3.05) is 40.8 Å². The largest absolute Gasteiger partial charge is 0.316 e. The van der Waals surface area contributed by atoms with Gasteiger partial charge in [0.05, 0.1) is 0 Å². The van der Waals surface area contributed by atoms with Crippen LogP contribution in [0.5, 0.6) is 0 Å². The second-order valence-corrected chi connectivity index (χ2v) is 5.94. The fraction of sp³-hybridized carbons (Fsp3) is 1.00. The van der Waals surface area contributed by atoms with E-state index in [1.54, 1.807) is 0 Å². The van der Waals surface area contributed by atoms with E-state index in [9.17, 15) is 0 Å². The van der Waals surface area contributed by atoms with E-state index >= 15 is 0 Å². The van der Waals surface area contributed by atoms with Crippen molar-refractivity contribution in [2.45, 2.75) is 44.7 Å². The molecule has 0 amide bonds. The summed E-state index contributed by atoms with van der Waals surface area (Å²) in [5, 5.41) is 3.42. The standard InChI is InChI=1S/C13H29N3/c1-13(2)8-7-12(14-3)11-16(13)10-6-9-15(4)5/h12,14H,6-11H2,1-5H3. The van der Waals surface area contributed by atoms with Crippen LogP contribution in [0.15, 0.2) is 0 Å². The van der Waals surface area contributed by atoms with Gasteiger partial charge in [-0.25, -0.2) is 0 Å². The van der Waals surface area contributed by atoms with Crippen molar-refractivity contribution in [2.24, 2.45) is 0 Å². The molecule has 1 aliphatic rings. The molecule has 1 saturated heterocycles. The minimum Gasteiger partial charge on any atom is -0.316 e. The van der Waals surface area contributed by atoms with Crippen molar-refractivity contribution < 1.29 is 0 Å². The minimum absolute atomic E-state index is 0.389. The summed E-state index contributed by atoms with van der Waals surface area (Å²) in [6.45, 7) is 8.39. The average molecular weight is 227 g/mol. The molecule has 1 atom stereocenters. The molecule has 1 aliphatic heterocycles. The number of nitrogens with one attached hydrogen (secondary N) is 1. The number of likely N-dealkylation sites (N-methyl/N-ethyl adjacent to an activating group) is 1. The molecule has 0 aliphatic carbocycles. The summed E-state index contributed by atoms with van der Waals surface area (Å²) >= 11 is 0. The van der Waals surface area contributed by atoms with Crippen LogP contribution in [0.4, 0.5) is 0 Å². The smallest absolute Gasteiger partial charge is 0.0192 e. The Kier molecular flexibility index (Phi) is 5.22. The Hall–Kier alpha value is -0.120. The molecule has 0 aromatic rings. The van der Waals surface area contributed by atoms with Crippen LogP contribution >= 0.6 is 0 Å². The first kappa shape index (κ1) is 13.9. The van der Waals surface area contributed by atoms with Gasteiger partial charge in [-0.1, -0.05) is 0 Å². The van der Waals surface area contributed by atoms with E-state index in [-0.39, 0.29) is 0 Å². The third-order valence-corrected chi connectivity index (χ3v) is 3.84. The van der Waals surface area contributed by atoms with Gasteiger partial charge in [-0.05, 0) is 67.3 Å². The van der Waals surface area contributed by atoms with Crippen LogP contribution in [-0.4, -0.2) is 62.2 Å². The maximum absolute atomic E-state index is 3.42. The van der Waals surface area contributed by atoms with E-state index in [1.807, 2.05) is 0 Å². The molecule has 96 valence electrons. The topological polar surface area (TPSA) is 18.5 Å². The molecule has 0 bridgehead atoms. The van der Waals surface area contributed by atoms with Crippen molar-refractivity contribution in [1.29, 1.82) is 0 Å². The minimum atomic E-state index is 0.389. The fourth-order valence-corrected chi connectivity index (χ4v) is 2.50. The third-order valence-electron chi connectivity index (χ3n) is 3.84. The summed E-state index contributed by atoms with van der Waals surface area (Å²) in [5.41, 5.74) is 0.389. The zero-order valence-corrected chi connectivity index (χ0v) is 11.7. The van der Waals surface area contributed by atoms with Crippen LogP contribution in [0.1, 0.15) is 33.1 Å². The van der Waals surface area contributed by atoms with Gasteiger partial charge in [0, 0.05) is 18.1 Å². The molecular formula is C13H29N3. The number of hydrogen-bond donors (Lipinski definition) is 1. The molecular weight excluding hydrogens is 198 g/mol. The average Bonchev–Trinajstić information content (AvgIpc) is 2.20. The van der Waals surface area contributed by atoms with E-state index in [2.05, 4.69) is 50.1 Å². The van der Waals surface area contributed by atoms with Gasteiger partial charge in [-0.3, -0.25) is 4.90 Å². The Morgan fingerprint density at radius 3 is 2.62 bits per heavy atom. The lowest BCUT2D eigenvalue weighted by molar-refractivity contribution is 0.0565. The Labute approximate surface area is 101 Å². The first-order chi connectivity index (χ1) is 7.45. The van der Waals surface area contributed by atoms with Gasteiger partial charge >= 0.3 is 0 Å². The van der Waals surface area contributed by atoms with E-state index < -0.39 is 0 Å². The number of piperidine rings is 1. The van der Waals surface area contributed by atoms with Gasteiger partial charge in [-0.15, -0.1) is 0 Å². The summed E-state index contributed by atoms with van der Waals surface area (Å²) in [6, 6.07) is 0.687. The molecule has 16 heavy (non-hydrogen) atoms. The van der Waals surface area contributed by atoms with Gasteiger partial charge in [0.25, 0.3) is 0 Å². The molecule has 0 aromatic heterocycles. The van der Waals surface area contributed by atoms with Crippen molar-refractivity contribution >= 4 is 0 Å². The lowest BCUT2D eigenvalue weighted by Crippen LogP contribution is -2.55. The Morgan fingerprint density at radius 1 is 1.38 bits per heavy atom. The number of likely N-dealkylation sites (tertiary alicyclic amines) is 1. The second kappa shape index (κ2) is 5.99. The number of nitrogens with zero attached hydrogens (tertiary/aromatic N) is 2. The Bertz CT molecular complexity index is 201. The first-order valence-electron chi connectivity index (χ1n) is 6.53. The van der Waals surface area contributed by atoms with Crippen molar-refractivity contribution in [3.63, 3.8) is 0 Å². The van der Waals surface area contributed by atoms with Gasteiger partial charge in [0.1, 0.15) is 0 Å². The molecule has 1 heterocycles. The van der Waals surface area contributed by atoms with Gasteiger partial charge in [-0.2, -0.15) is 0 Å². The van der Waals surface area contributed by atoms with Crippen LogP contribution in [0.25, 0.3) is 0 Å². The molecule has 0 saturated carbocycles. The molecule has 1 unspecified atom stereocenters. The van der Waals surface area contributed by atoms with Gasteiger partial charge < -0.3 is 10.2 Å². The van der Waals surface area contributed by atoms with E-state index in [4.69, 9.17) is 0 Å². The van der Waals surface area contributed by atoms with Crippen LogP contribution in [0, 0.1) is 0 Å². The molecule has 1 fully saturated rings. The Balaban J connectivity index is 2.40. The molecule has 0 radical (unpaired) electrons. The second-order valence-electron chi connectivity index (χ2n) is 5.94. The van der Waals surface area contributed by atoms with Crippen molar-refractivity contribution in [1.82, 2.24) is 15.1 Å². The fourth-order valence-electron chi connectivity index (χ4n) is 2.50. The third kappa shape index (κ3) is 4.04. The van der Waals surface area contributed by atoms with Gasteiger partial charge in [0.2, 0.25) is 0 Å². The molecule has 3 nitrogen and oxygen atoms in total. The highest BCUT2D eigenvalue weighted by atomic mass is 15.2. The van der Waals surface area contributed by atoms with E-state index in [0.29, 0.717) is 11.6 Å². The quantitative estimate of drug-likeness (QED) is 0.766. The Morgan fingerprint density at radius 2 is 2.06 bits per heavy atom. The molecule has 0 aromatic carbocycles. The first-order valence-corrected chi connectivity index (χ1v) is 6.53. The highest BCUT2D eigenvalue weighted by molar-refractivity contribution is 4.90. The lowest BCUT2D eigenvalue weighted by atomic mass is 9.88. The lowest BCUT2D eigenvalue weighted by Gasteiger charge is -2.45. The zero-order chi connectivity index (χ0) is 12.2. The van der Waals surface area contributed by atoms with Gasteiger partial charge in [0.15, 0.2) is 0 Å². The molecule has 3 heteroatoms. The summed E-state index contributed by atoms with van der Waals surface area (Å²) in [7, 11) is 6.39. The number of hydrogen-bond acceptors (Lipinski definition) is 3. The maximum Gasteiger partial charge on any atom is 0.0192 e. The highest BCUT2D eigenvalue weighted by Gasteiger charge is 2.32. The number of rotatable bonds is 5. The monoisotopic (exact) mass is 227 g/mol. The molecule has 1 N–H and O–H groups in total. The highest BCUT2D eigenvalue weighted by Crippen LogP contribution is 2.27. The zero-order valence-electron chi connectivity index (χ0n) is 11.7. The van der Waals surface area contributed by atoms with E-state index in [0.717, 1.165) is 0 Å². The van der Waals surface area contributed by atoms with Crippen LogP contribution < -0.4 is 5.32 Å². The van der Waals surface area contributed by atoms with Crippen molar-refractivity contribution in [3.05, 3.63) is 0 Å². The maximum atomic E-state index is 3.42.